The van der Waals surface area contributed by atoms with Crippen molar-refractivity contribution in [3.05, 3.63) is 29.8 Å². The predicted molar refractivity (Wildman–Crippen MR) is 110 cm³/mol. The monoisotopic (exact) mass is 389 g/mol. The Labute approximate surface area is 165 Å². The van der Waals surface area contributed by atoms with Crippen LogP contribution in [0.25, 0.3) is 0 Å². The molecule has 7 nitrogen and oxygen atoms in total. The molecule has 0 radical (unpaired) electrons. The van der Waals surface area contributed by atoms with Gasteiger partial charge in [0.15, 0.2) is 0 Å². The van der Waals surface area contributed by atoms with E-state index in [1.165, 1.54) is 0 Å². The highest BCUT2D eigenvalue weighted by molar-refractivity contribution is 5.92. The number of ether oxygens (including phenoxy) is 5. The highest BCUT2D eigenvalue weighted by atomic mass is 16.6. The molecule has 0 unspecified atom stereocenters. The summed E-state index contributed by atoms with van der Waals surface area (Å²) in [6.45, 7) is 8.46. The molecule has 0 aliphatic heterocycles. The first-order valence-corrected chi connectivity index (χ1v) is 8.99. The number of methoxy groups -OCH3 is 1. The fourth-order valence-electron chi connectivity index (χ4n) is 1.78. The highest BCUT2D eigenvalue weighted by Gasteiger charge is 2.00. The van der Waals surface area contributed by atoms with E-state index >= 15 is 0 Å². The molecule has 0 aliphatic rings. The van der Waals surface area contributed by atoms with Crippen molar-refractivity contribution in [2.45, 2.75) is 27.7 Å². The van der Waals surface area contributed by atoms with Gasteiger partial charge >= 0.3 is 0 Å². The molecule has 7 heteroatoms. The zero-order valence-electron chi connectivity index (χ0n) is 16.2. The largest absolute Gasteiger partial charge is 0.491 e. The van der Waals surface area contributed by atoms with Crippen molar-refractivity contribution in [2.24, 2.45) is 5.73 Å². The number of rotatable bonds is 15. The summed E-state index contributed by atoms with van der Waals surface area (Å²) in [5.74, 6) is 0.218. The summed E-state index contributed by atoms with van der Waals surface area (Å²) in [5, 5.41) is 0. The van der Waals surface area contributed by atoms with Gasteiger partial charge in [-0.15, -0.1) is 0 Å². The van der Waals surface area contributed by atoms with Crippen LogP contribution < -0.4 is 10.5 Å². The van der Waals surface area contributed by atoms with Gasteiger partial charge in [-0.2, -0.15) is 0 Å². The molecular formula is C20H39NO6. The lowest BCUT2D eigenvalue weighted by atomic mass is 10.2. The minimum absolute atomic E-state index is 0. The Kier molecular flexibility index (Phi) is 21.1. The normalized spacial score (nSPS) is 9.74. The molecule has 0 fully saturated rings. The van der Waals surface area contributed by atoms with Crippen molar-refractivity contribution in [3.8, 4) is 5.75 Å². The Balaban J connectivity index is -0.00000151. The van der Waals surface area contributed by atoms with E-state index in [-0.39, 0.29) is 8.85 Å². The summed E-state index contributed by atoms with van der Waals surface area (Å²) < 4.78 is 26.5. The molecule has 1 aromatic rings. The summed E-state index contributed by atoms with van der Waals surface area (Å²) in [6.07, 6.45) is 0.894. The van der Waals surface area contributed by atoms with Gasteiger partial charge < -0.3 is 29.4 Å². The molecule has 0 saturated heterocycles. The molecule has 0 atom stereocenters. The van der Waals surface area contributed by atoms with Crippen molar-refractivity contribution in [2.75, 3.05) is 60.0 Å². The molecule has 1 aromatic carbocycles. The van der Waals surface area contributed by atoms with E-state index in [0.717, 1.165) is 6.42 Å². The number of hydrogen-bond donors (Lipinski definition) is 1. The van der Waals surface area contributed by atoms with Crippen LogP contribution in [0.2, 0.25) is 0 Å². The molecule has 27 heavy (non-hydrogen) atoms. The number of hydrogen-bond acceptors (Lipinski definition) is 6. The molecule has 0 aliphatic carbocycles. The van der Waals surface area contributed by atoms with Crippen LogP contribution in [0, 0.1) is 0 Å². The van der Waals surface area contributed by atoms with Gasteiger partial charge in [0.1, 0.15) is 12.4 Å². The first-order chi connectivity index (χ1) is 12.7. The summed E-state index contributed by atoms with van der Waals surface area (Å²) in [4.78, 5) is 10.9. The molecule has 0 bridgehead atoms. The standard InChI is InChI=1S/C17H27NO6.C2H6.CH4.H2/c1-20-7-2-8-21-9-10-22-11-12-23-13-14-24-16-5-3-15(4-6-16)17(18)19;1-2;;/h3-6H,2,7-14H2,1H3,(H2,18,19);1-2H3;1H4;1H. The first kappa shape index (κ1) is 27.5. The van der Waals surface area contributed by atoms with Gasteiger partial charge in [-0.1, -0.05) is 21.3 Å². The fraction of sp³-hybridized carbons (Fsp3) is 0.650. The Hall–Kier alpha value is -1.67. The van der Waals surface area contributed by atoms with Crippen molar-refractivity contribution in [1.29, 1.82) is 0 Å². The topological polar surface area (TPSA) is 89.2 Å². The second kappa shape index (κ2) is 20.6. The third-order valence-electron chi connectivity index (χ3n) is 3.02. The number of nitrogens with two attached hydrogens (primary N) is 1. The van der Waals surface area contributed by atoms with Gasteiger partial charge in [-0.25, -0.2) is 0 Å². The van der Waals surface area contributed by atoms with Gasteiger partial charge in [-0.05, 0) is 30.7 Å². The van der Waals surface area contributed by atoms with Crippen LogP contribution in [0.15, 0.2) is 24.3 Å². The lowest BCUT2D eigenvalue weighted by Gasteiger charge is -2.08. The van der Waals surface area contributed by atoms with Gasteiger partial charge in [0.2, 0.25) is 5.91 Å². The van der Waals surface area contributed by atoms with E-state index in [1.54, 1.807) is 31.4 Å². The van der Waals surface area contributed by atoms with Crippen LogP contribution in [-0.2, 0) is 18.9 Å². The molecule has 0 saturated carbocycles. The van der Waals surface area contributed by atoms with E-state index in [0.29, 0.717) is 64.2 Å². The lowest BCUT2D eigenvalue weighted by molar-refractivity contribution is 0.00668. The Morgan fingerprint density at radius 3 is 1.81 bits per heavy atom. The molecule has 2 N–H and O–H groups in total. The van der Waals surface area contributed by atoms with Crippen LogP contribution in [0.5, 0.6) is 5.75 Å². The van der Waals surface area contributed by atoms with Gasteiger partial charge in [0, 0.05) is 27.3 Å². The summed E-state index contributed by atoms with van der Waals surface area (Å²) in [7, 11) is 1.67. The summed E-state index contributed by atoms with van der Waals surface area (Å²) >= 11 is 0. The molecule has 0 aromatic heterocycles. The minimum Gasteiger partial charge on any atom is -0.491 e. The van der Waals surface area contributed by atoms with E-state index in [1.807, 2.05) is 13.8 Å². The molecule has 0 spiro atoms. The van der Waals surface area contributed by atoms with E-state index in [2.05, 4.69) is 0 Å². The van der Waals surface area contributed by atoms with Crippen LogP contribution in [0.3, 0.4) is 0 Å². The van der Waals surface area contributed by atoms with E-state index in [4.69, 9.17) is 29.4 Å². The number of benzene rings is 1. The number of primary amides is 1. The Bertz CT molecular complexity index is 445. The molecule has 0 heterocycles. The third kappa shape index (κ3) is 16.2. The van der Waals surface area contributed by atoms with E-state index in [9.17, 15) is 4.79 Å². The highest BCUT2D eigenvalue weighted by Crippen LogP contribution is 2.11. The molecule has 1 amide bonds. The number of carbonyl (C=O) groups is 1. The third-order valence-corrected chi connectivity index (χ3v) is 3.02. The van der Waals surface area contributed by atoms with Crippen LogP contribution >= 0.6 is 0 Å². The number of amides is 1. The fourth-order valence-corrected chi connectivity index (χ4v) is 1.78. The zero-order chi connectivity index (χ0) is 19.5. The molecule has 1 rings (SSSR count). The average molecular weight is 390 g/mol. The van der Waals surface area contributed by atoms with Crippen LogP contribution in [-0.4, -0.2) is 65.9 Å². The lowest BCUT2D eigenvalue weighted by Crippen LogP contribution is -2.13. The quantitative estimate of drug-likeness (QED) is 0.464. The van der Waals surface area contributed by atoms with Gasteiger partial charge in [-0.3, -0.25) is 4.79 Å². The van der Waals surface area contributed by atoms with Crippen molar-refractivity contribution in [1.82, 2.24) is 0 Å². The first-order valence-electron chi connectivity index (χ1n) is 8.99. The maximum Gasteiger partial charge on any atom is 0.248 e. The SMILES string of the molecule is C.CC.COCCCOCCOCCOCCOc1ccc(C(N)=O)cc1.[HH]. The molecular weight excluding hydrogens is 350 g/mol. The number of carbonyl (C=O) groups excluding carboxylic acids is 1. The van der Waals surface area contributed by atoms with Gasteiger partial charge in [0.05, 0.1) is 33.0 Å². The van der Waals surface area contributed by atoms with Gasteiger partial charge in [0.25, 0.3) is 0 Å². The average Bonchev–Trinajstić information content (AvgIpc) is 2.67. The Morgan fingerprint density at radius 1 is 0.852 bits per heavy atom. The van der Waals surface area contributed by atoms with Crippen molar-refractivity contribution < 1.29 is 29.9 Å². The second-order valence-electron chi connectivity index (χ2n) is 4.92. The van der Waals surface area contributed by atoms with Crippen LogP contribution in [0.1, 0.15) is 39.5 Å². The van der Waals surface area contributed by atoms with Crippen molar-refractivity contribution >= 4 is 5.91 Å². The maximum atomic E-state index is 10.9. The summed E-state index contributed by atoms with van der Waals surface area (Å²) in [5.41, 5.74) is 5.62. The smallest absolute Gasteiger partial charge is 0.248 e. The zero-order valence-corrected chi connectivity index (χ0v) is 16.2. The second-order valence-corrected chi connectivity index (χ2v) is 4.92. The maximum absolute atomic E-state index is 10.9. The van der Waals surface area contributed by atoms with E-state index < -0.39 is 5.91 Å². The Morgan fingerprint density at radius 2 is 1.33 bits per heavy atom. The minimum atomic E-state index is -0.453. The van der Waals surface area contributed by atoms with Crippen molar-refractivity contribution in [3.63, 3.8) is 0 Å². The predicted octanol–water partition coefficient (Wildman–Crippen LogP) is 3.16. The molecule has 160 valence electrons. The summed E-state index contributed by atoms with van der Waals surface area (Å²) in [6, 6.07) is 6.67. The van der Waals surface area contributed by atoms with Crippen LogP contribution in [0.4, 0.5) is 0 Å².